The fraction of sp³-hybridized carbons (Fsp3) is 0.478. The van der Waals surface area contributed by atoms with Crippen molar-refractivity contribution < 1.29 is 8.78 Å². The number of piperidine rings is 1. The standard InChI is InChI=1S/C23H30F2N6S/c1-14(29-15-6-9-28-20(11-15)32-27)16-12-17-18(5-4-7-22(17,2)3)30-21(16)31-10-8-23(24,25)19(26)13-31/h6,9,11-12,19H,1,4-5,7-8,10,13,26-27H2,2-3H3,(H,28,29). The zero-order chi connectivity index (χ0) is 23.1. The molecular weight excluding hydrogens is 430 g/mol. The molecule has 0 saturated carbocycles. The maximum absolute atomic E-state index is 14.1. The maximum Gasteiger partial charge on any atom is 0.266 e. The summed E-state index contributed by atoms with van der Waals surface area (Å²) < 4.78 is 28.1. The molecule has 2 aromatic heterocycles. The van der Waals surface area contributed by atoms with Crippen molar-refractivity contribution in [2.75, 3.05) is 23.3 Å². The molecule has 1 atom stereocenters. The van der Waals surface area contributed by atoms with E-state index in [9.17, 15) is 8.78 Å². The highest BCUT2D eigenvalue weighted by molar-refractivity contribution is 7.97. The summed E-state index contributed by atoms with van der Waals surface area (Å²) in [5, 5.41) is 9.64. The zero-order valence-corrected chi connectivity index (χ0v) is 19.3. The summed E-state index contributed by atoms with van der Waals surface area (Å²) in [6.45, 7) is 8.94. The summed E-state index contributed by atoms with van der Waals surface area (Å²) >= 11 is 1.06. The van der Waals surface area contributed by atoms with E-state index < -0.39 is 12.0 Å². The van der Waals surface area contributed by atoms with Gasteiger partial charge in [-0.05, 0) is 60.4 Å². The Hall–Kier alpha value is -2.23. The zero-order valence-electron chi connectivity index (χ0n) is 18.5. The third kappa shape index (κ3) is 4.46. The van der Waals surface area contributed by atoms with Crippen LogP contribution in [-0.2, 0) is 11.8 Å². The number of anilines is 2. The number of nitrogens with one attached hydrogen (secondary N) is 1. The second-order valence-corrected chi connectivity index (χ2v) is 9.91. The summed E-state index contributed by atoms with van der Waals surface area (Å²) in [7, 11) is 0. The van der Waals surface area contributed by atoms with Crippen LogP contribution in [0.15, 0.2) is 36.0 Å². The van der Waals surface area contributed by atoms with Gasteiger partial charge >= 0.3 is 0 Å². The molecule has 32 heavy (non-hydrogen) atoms. The molecule has 0 radical (unpaired) electrons. The van der Waals surface area contributed by atoms with Crippen molar-refractivity contribution >= 4 is 29.2 Å². The summed E-state index contributed by atoms with van der Waals surface area (Å²) in [5.74, 6) is -2.21. The minimum absolute atomic E-state index is 0.0144. The van der Waals surface area contributed by atoms with Crippen LogP contribution in [0.1, 0.15) is 49.9 Å². The number of nitrogens with zero attached hydrogens (tertiary/aromatic N) is 3. The van der Waals surface area contributed by atoms with E-state index >= 15 is 0 Å². The molecule has 1 aliphatic heterocycles. The van der Waals surface area contributed by atoms with Crippen molar-refractivity contribution in [3.8, 4) is 0 Å². The van der Waals surface area contributed by atoms with Gasteiger partial charge in [0.15, 0.2) is 0 Å². The molecule has 0 spiro atoms. The van der Waals surface area contributed by atoms with E-state index in [0.29, 0.717) is 16.5 Å². The van der Waals surface area contributed by atoms with E-state index in [-0.39, 0.29) is 24.9 Å². The second-order valence-electron chi connectivity index (χ2n) is 9.26. The van der Waals surface area contributed by atoms with Crippen LogP contribution in [0.4, 0.5) is 20.3 Å². The third-order valence-corrected chi connectivity index (χ3v) is 6.94. The van der Waals surface area contributed by atoms with Gasteiger partial charge in [0.2, 0.25) is 0 Å². The first kappa shape index (κ1) is 22.9. The molecule has 4 rings (SSSR count). The van der Waals surface area contributed by atoms with Gasteiger partial charge in [-0.1, -0.05) is 20.4 Å². The Morgan fingerprint density at radius 2 is 2.09 bits per heavy atom. The van der Waals surface area contributed by atoms with Crippen LogP contribution < -0.4 is 21.1 Å². The molecule has 2 aromatic rings. The highest BCUT2D eigenvalue weighted by Crippen LogP contribution is 2.41. The monoisotopic (exact) mass is 460 g/mol. The Morgan fingerprint density at radius 3 is 2.81 bits per heavy atom. The quantitative estimate of drug-likeness (QED) is 0.573. The lowest BCUT2D eigenvalue weighted by atomic mass is 9.74. The molecule has 1 unspecified atom stereocenters. The predicted octanol–water partition coefficient (Wildman–Crippen LogP) is 4.31. The average Bonchev–Trinajstić information content (AvgIpc) is 2.75. The van der Waals surface area contributed by atoms with Crippen molar-refractivity contribution in [1.29, 1.82) is 0 Å². The topological polar surface area (TPSA) is 93.1 Å². The van der Waals surface area contributed by atoms with Crippen molar-refractivity contribution in [1.82, 2.24) is 9.97 Å². The molecular formula is C23H30F2N6S. The van der Waals surface area contributed by atoms with Crippen molar-refractivity contribution in [2.45, 2.75) is 61.9 Å². The molecule has 9 heteroatoms. The highest BCUT2D eigenvalue weighted by atomic mass is 32.2. The molecule has 1 fully saturated rings. The minimum Gasteiger partial charge on any atom is -0.355 e. The van der Waals surface area contributed by atoms with Gasteiger partial charge in [-0.3, -0.25) is 5.14 Å². The first-order valence-electron chi connectivity index (χ1n) is 10.8. The molecule has 3 heterocycles. The number of hydrogen-bond donors (Lipinski definition) is 3. The van der Waals surface area contributed by atoms with Gasteiger partial charge < -0.3 is 16.0 Å². The van der Waals surface area contributed by atoms with Crippen LogP contribution in [-0.4, -0.2) is 35.0 Å². The molecule has 1 saturated heterocycles. The number of nitrogens with two attached hydrogens (primary N) is 2. The molecule has 2 aliphatic rings. The van der Waals surface area contributed by atoms with Crippen LogP contribution in [0.25, 0.3) is 5.70 Å². The number of halogens is 2. The van der Waals surface area contributed by atoms with Gasteiger partial charge in [-0.2, -0.15) is 0 Å². The van der Waals surface area contributed by atoms with Crippen molar-refractivity contribution in [3.05, 3.63) is 47.8 Å². The van der Waals surface area contributed by atoms with Crippen LogP contribution in [0.2, 0.25) is 0 Å². The molecule has 0 aromatic carbocycles. The lowest BCUT2D eigenvalue weighted by Gasteiger charge is -2.39. The second kappa shape index (κ2) is 8.61. The van der Waals surface area contributed by atoms with Gasteiger partial charge in [0.25, 0.3) is 5.92 Å². The number of aryl methyl sites for hydroxylation is 1. The van der Waals surface area contributed by atoms with Gasteiger partial charge in [-0.25, -0.2) is 18.7 Å². The first-order chi connectivity index (χ1) is 15.1. The summed E-state index contributed by atoms with van der Waals surface area (Å²) in [6, 6.07) is 4.56. The number of rotatable bonds is 5. The van der Waals surface area contributed by atoms with E-state index in [2.05, 4.69) is 36.8 Å². The Bertz CT molecular complexity index is 1030. The maximum atomic E-state index is 14.1. The third-order valence-electron chi connectivity index (χ3n) is 6.48. The predicted molar refractivity (Wildman–Crippen MR) is 127 cm³/mol. The molecule has 0 amide bonds. The molecule has 1 aliphatic carbocycles. The Kier molecular flexibility index (Phi) is 6.17. The fourth-order valence-electron chi connectivity index (χ4n) is 4.53. The van der Waals surface area contributed by atoms with Gasteiger partial charge in [0.1, 0.15) is 10.8 Å². The molecule has 0 bridgehead atoms. The number of aromatic nitrogens is 2. The number of fused-ring (bicyclic) bond motifs is 1. The molecule has 6 nitrogen and oxygen atoms in total. The largest absolute Gasteiger partial charge is 0.355 e. The molecule has 172 valence electrons. The van der Waals surface area contributed by atoms with E-state index in [1.54, 1.807) is 6.20 Å². The van der Waals surface area contributed by atoms with Gasteiger partial charge in [-0.15, -0.1) is 0 Å². The smallest absolute Gasteiger partial charge is 0.266 e. The number of alkyl halides is 2. The van der Waals surface area contributed by atoms with E-state index in [4.69, 9.17) is 15.9 Å². The summed E-state index contributed by atoms with van der Waals surface area (Å²) in [5.41, 5.74) is 10.3. The van der Waals surface area contributed by atoms with Crippen LogP contribution in [0.3, 0.4) is 0 Å². The van der Waals surface area contributed by atoms with E-state index in [1.165, 1.54) is 5.56 Å². The van der Waals surface area contributed by atoms with Crippen LogP contribution in [0, 0.1) is 0 Å². The SMILES string of the molecule is C=C(Nc1ccnc(SN)c1)c1cc2c(nc1N1CCC(F)(F)C(N)C1)CCCC2(C)C. The Balaban J connectivity index is 1.74. The van der Waals surface area contributed by atoms with Gasteiger partial charge in [0, 0.05) is 48.3 Å². The average molecular weight is 461 g/mol. The van der Waals surface area contributed by atoms with Crippen LogP contribution >= 0.6 is 11.9 Å². The Labute approximate surface area is 192 Å². The number of hydrogen-bond acceptors (Lipinski definition) is 7. The first-order valence-corrected chi connectivity index (χ1v) is 11.7. The lowest BCUT2D eigenvalue weighted by Crippen LogP contribution is -2.55. The minimum atomic E-state index is -2.87. The van der Waals surface area contributed by atoms with Crippen molar-refractivity contribution in [3.63, 3.8) is 0 Å². The van der Waals surface area contributed by atoms with Crippen LogP contribution in [0.5, 0.6) is 0 Å². The summed E-state index contributed by atoms with van der Waals surface area (Å²) in [6.07, 6.45) is 4.38. The van der Waals surface area contributed by atoms with Gasteiger partial charge in [0.05, 0.1) is 6.04 Å². The van der Waals surface area contributed by atoms with E-state index in [0.717, 1.165) is 48.2 Å². The highest BCUT2D eigenvalue weighted by Gasteiger charge is 2.43. The summed E-state index contributed by atoms with van der Waals surface area (Å²) in [4.78, 5) is 11.1. The van der Waals surface area contributed by atoms with Crippen molar-refractivity contribution in [2.24, 2.45) is 10.9 Å². The number of pyridine rings is 2. The normalized spacial score (nSPS) is 21.7. The lowest BCUT2D eigenvalue weighted by molar-refractivity contribution is -0.0394. The van der Waals surface area contributed by atoms with E-state index in [1.807, 2.05) is 17.0 Å². The fourth-order valence-corrected chi connectivity index (χ4v) is 4.85. The Morgan fingerprint density at radius 1 is 1.31 bits per heavy atom. The molecule has 5 N–H and O–H groups in total.